The van der Waals surface area contributed by atoms with Crippen LogP contribution in [0.4, 0.5) is 5.69 Å². The number of ether oxygens (including phenoxy) is 1. The fraction of sp³-hybridized carbons (Fsp3) is 0.190. The Labute approximate surface area is 167 Å². The summed E-state index contributed by atoms with van der Waals surface area (Å²) >= 11 is 5.96. The molecule has 0 bridgehead atoms. The first-order chi connectivity index (χ1) is 13.3. The van der Waals surface area contributed by atoms with E-state index in [-0.39, 0.29) is 24.0 Å². The highest BCUT2D eigenvalue weighted by Gasteiger charge is 2.09. The van der Waals surface area contributed by atoms with Gasteiger partial charge in [-0.3, -0.25) is 9.59 Å². The summed E-state index contributed by atoms with van der Waals surface area (Å²) in [5.41, 5.74) is 4.03. The Kier molecular flexibility index (Phi) is 5.80. The maximum Gasteiger partial charge on any atom is 0.271 e. The van der Waals surface area contributed by atoms with Gasteiger partial charge in [-0.25, -0.2) is 0 Å². The van der Waals surface area contributed by atoms with Crippen LogP contribution in [-0.2, 0) is 4.79 Å². The van der Waals surface area contributed by atoms with Crippen LogP contribution in [0.2, 0.25) is 5.02 Å². The van der Waals surface area contributed by atoms with Crippen LogP contribution in [0, 0.1) is 20.8 Å². The monoisotopic (exact) mass is 397 g/mol. The minimum atomic E-state index is -0.351. The van der Waals surface area contributed by atoms with E-state index in [4.69, 9.17) is 16.3 Å². The number of nitrogens with zero attached hydrogens (tertiary/aromatic N) is 2. The second-order valence-electron chi connectivity index (χ2n) is 6.49. The lowest BCUT2D eigenvalue weighted by molar-refractivity contribution is -0.118. The van der Waals surface area contributed by atoms with E-state index in [9.17, 15) is 9.59 Å². The molecule has 3 aromatic rings. The van der Waals surface area contributed by atoms with Crippen molar-refractivity contribution in [1.29, 1.82) is 0 Å². The van der Waals surface area contributed by atoms with Crippen molar-refractivity contribution in [3.8, 4) is 11.6 Å². The van der Waals surface area contributed by atoms with Crippen LogP contribution in [0.15, 0.2) is 53.3 Å². The predicted molar refractivity (Wildman–Crippen MR) is 110 cm³/mol. The van der Waals surface area contributed by atoms with Crippen LogP contribution in [0.1, 0.15) is 16.7 Å². The lowest BCUT2D eigenvalue weighted by Gasteiger charge is -2.11. The number of hydrogen-bond donors (Lipinski definition) is 1. The highest BCUT2D eigenvalue weighted by Crippen LogP contribution is 2.20. The number of halogens is 1. The van der Waals surface area contributed by atoms with Crippen LogP contribution < -0.4 is 15.6 Å². The summed E-state index contributed by atoms with van der Waals surface area (Å²) in [4.78, 5) is 24.3. The zero-order chi connectivity index (χ0) is 20.3. The zero-order valence-electron chi connectivity index (χ0n) is 15.8. The quantitative estimate of drug-likeness (QED) is 0.710. The molecule has 1 amide bonds. The molecule has 0 fully saturated rings. The van der Waals surface area contributed by atoms with Gasteiger partial charge in [-0.1, -0.05) is 23.7 Å². The Morgan fingerprint density at radius 3 is 2.54 bits per heavy atom. The van der Waals surface area contributed by atoms with E-state index in [0.717, 1.165) is 16.7 Å². The molecule has 1 aromatic heterocycles. The minimum Gasteiger partial charge on any atom is -0.467 e. The summed E-state index contributed by atoms with van der Waals surface area (Å²) in [5, 5.41) is 7.48. The molecule has 7 heteroatoms. The Hall–Kier alpha value is -3.12. The van der Waals surface area contributed by atoms with Gasteiger partial charge in [0.1, 0.15) is 0 Å². The van der Waals surface area contributed by atoms with Crippen LogP contribution in [0.5, 0.6) is 5.88 Å². The number of nitrogens with one attached hydrogen (secondary N) is 1. The van der Waals surface area contributed by atoms with E-state index in [0.29, 0.717) is 16.4 Å². The number of aromatic nitrogens is 2. The van der Waals surface area contributed by atoms with Crippen molar-refractivity contribution in [3.63, 3.8) is 0 Å². The fourth-order valence-electron chi connectivity index (χ4n) is 2.57. The molecule has 0 saturated carbocycles. The Morgan fingerprint density at radius 1 is 1.04 bits per heavy atom. The molecule has 0 spiro atoms. The second kappa shape index (κ2) is 8.27. The van der Waals surface area contributed by atoms with E-state index < -0.39 is 0 Å². The molecule has 0 radical (unpaired) electrons. The largest absolute Gasteiger partial charge is 0.467 e. The Morgan fingerprint density at radius 2 is 1.79 bits per heavy atom. The van der Waals surface area contributed by atoms with Crippen molar-refractivity contribution in [2.24, 2.45) is 0 Å². The molecule has 0 aliphatic heterocycles. The van der Waals surface area contributed by atoms with Crippen molar-refractivity contribution in [2.75, 3.05) is 11.9 Å². The first-order valence-electron chi connectivity index (χ1n) is 8.70. The van der Waals surface area contributed by atoms with Crippen LogP contribution in [0.25, 0.3) is 5.69 Å². The Bertz CT molecular complexity index is 1090. The number of aryl methyl sites for hydroxylation is 3. The third-order valence-electron chi connectivity index (χ3n) is 4.34. The van der Waals surface area contributed by atoms with E-state index in [1.54, 1.807) is 12.1 Å². The van der Waals surface area contributed by atoms with Crippen LogP contribution >= 0.6 is 11.6 Å². The number of carbonyl (C=O) groups is 1. The molecular formula is C21H20ClN3O3. The van der Waals surface area contributed by atoms with Crippen LogP contribution in [0.3, 0.4) is 0 Å². The molecular weight excluding hydrogens is 378 g/mol. The van der Waals surface area contributed by atoms with Crippen molar-refractivity contribution < 1.29 is 9.53 Å². The first kappa shape index (κ1) is 19.6. The SMILES string of the molecule is Cc1ccc(-n2nc(OCC(=O)Nc3cc(Cl)ccc3C)ccc2=O)cc1C. The number of benzene rings is 2. The van der Waals surface area contributed by atoms with Gasteiger partial charge in [0.2, 0.25) is 5.88 Å². The average Bonchev–Trinajstić information content (AvgIpc) is 2.66. The number of carbonyl (C=O) groups excluding carboxylic acids is 1. The van der Waals surface area contributed by atoms with Gasteiger partial charge in [0.15, 0.2) is 6.61 Å². The predicted octanol–water partition coefficient (Wildman–Crippen LogP) is 3.83. The van der Waals surface area contributed by atoms with Gasteiger partial charge in [-0.2, -0.15) is 4.68 Å². The summed E-state index contributed by atoms with van der Waals surface area (Å²) < 4.78 is 6.72. The minimum absolute atomic E-state index is 0.177. The number of amides is 1. The van der Waals surface area contributed by atoms with Crippen molar-refractivity contribution in [2.45, 2.75) is 20.8 Å². The topological polar surface area (TPSA) is 73.2 Å². The summed E-state index contributed by atoms with van der Waals surface area (Å²) in [7, 11) is 0. The molecule has 2 aromatic carbocycles. The molecule has 6 nitrogen and oxygen atoms in total. The van der Waals surface area contributed by atoms with Crippen molar-refractivity contribution in [3.05, 3.63) is 80.6 Å². The van der Waals surface area contributed by atoms with E-state index in [2.05, 4.69) is 10.4 Å². The van der Waals surface area contributed by atoms with E-state index in [1.165, 1.54) is 16.8 Å². The second-order valence-corrected chi connectivity index (χ2v) is 6.92. The molecule has 0 atom stereocenters. The average molecular weight is 398 g/mol. The normalized spacial score (nSPS) is 10.6. The van der Waals surface area contributed by atoms with Gasteiger partial charge in [-0.15, -0.1) is 5.10 Å². The van der Waals surface area contributed by atoms with Gasteiger partial charge in [0.25, 0.3) is 11.5 Å². The summed E-state index contributed by atoms with van der Waals surface area (Å²) in [6, 6.07) is 13.7. The lowest BCUT2D eigenvalue weighted by atomic mass is 10.1. The third kappa shape index (κ3) is 4.58. The molecule has 144 valence electrons. The first-order valence-corrected chi connectivity index (χ1v) is 9.08. The van der Waals surface area contributed by atoms with E-state index >= 15 is 0 Å². The molecule has 0 aliphatic rings. The molecule has 1 N–H and O–H groups in total. The summed E-state index contributed by atoms with van der Waals surface area (Å²) in [5.74, 6) is -0.174. The zero-order valence-corrected chi connectivity index (χ0v) is 16.6. The van der Waals surface area contributed by atoms with Gasteiger partial charge >= 0.3 is 0 Å². The Balaban J connectivity index is 1.73. The van der Waals surface area contributed by atoms with Gasteiger partial charge in [-0.05, 0) is 61.7 Å². The number of anilines is 1. The molecule has 0 saturated heterocycles. The highest BCUT2D eigenvalue weighted by molar-refractivity contribution is 6.31. The van der Waals surface area contributed by atoms with Gasteiger partial charge in [0, 0.05) is 22.8 Å². The molecule has 0 aliphatic carbocycles. The standard InChI is InChI=1S/C21H20ClN3O3/c1-13-5-7-17(10-15(13)3)25-21(27)9-8-20(24-25)28-12-19(26)23-18-11-16(22)6-4-14(18)2/h4-11H,12H2,1-3H3,(H,23,26). The fourth-order valence-corrected chi connectivity index (χ4v) is 2.74. The van der Waals surface area contributed by atoms with Crippen LogP contribution in [-0.4, -0.2) is 22.3 Å². The molecule has 28 heavy (non-hydrogen) atoms. The number of hydrogen-bond acceptors (Lipinski definition) is 4. The maximum atomic E-state index is 12.2. The van der Waals surface area contributed by atoms with Gasteiger partial charge < -0.3 is 10.1 Å². The molecule has 0 unspecified atom stereocenters. The lowest BCUT2D eigenvalue weighted by Crippen LogP contribution is -2.24. The maximum absolute atomic E-state index is 12.2. The summed E-state index contributed by atoms with van der Waals surface area (Å²) in [6.07, 6.45) is 0. The molecule has 1 heterocycles. The van der Waals surface area contributed by atoms with E-state index in [1.807, 2.05) is 45.0 Å². The number of rotatable bonds is 5. The van der Waals surface area contributed by atoms with Crippen molar-refractivity contribution >= 4 is 23.2 Å². The smallest absolute Gasteiger partial charge is 0.271 e. The summed E-state index contributed by atoms with van der Waals surface area (Å²) in [6.45, 7) is 5.58. The van der Waals surface area contributed by atoms with Crippen molar-refractivity contribution in [1.82, 2.24) is 9.78 Å². The third-order valence-corrected chi connectivity index (χ3v) is 4.57. The highest BCUT2D eigenvalue weighted by atomic mass is 35.5. The molecule has 3 rings (SSSR count). The van der Waals surface area contributed by atoms with Gasteiger partial charge in [0.05, 0.1) is 5.69 Å².